The molecular weight excluding hydrogens is 298 g/mol. The van der Waals surface area contributed by atoms with Crippen molar-refractivity contribution in [3.63, 3.8) is 0 Å². The normalized spacial score (nSPS) is 12.4. The lowest BCUT2D eigenvalue weighted by atomic mass is 10.2. The molecule has 1 rings (SSSR count). The first kappa shape index (κ1) is 14.7. The van der Waals surface area contributed by atoms with Gasteiger partial charge in [0.2, 0.25) is 5.91 Å². The lowest BCUT2D eigenvalue weighted by Crippen LogP contribution is -2.33. The molecule has 1 amide bonds. The Morgan fingerprint density at radius 2 is 2.33 bits per heavy atom. The molecule has 0 fully saturated rings. The van der Waals surface area contributed by atoms with Crippen LogP contribution >= 0.6 is 15.9 Å². The SMILES string of the molecule is COc1ccc(Br)cc1C=CC(=O)N[C@@H](C)CO. The van der Waals surface area contributed by atoms with Crippen molar-refractivity contribution in [3.05, 3.63) is 34.3 Å². The lowest BCUT2D eigenvalue weighted by molar-refractivity contribution is -0.117. The van der Waals surface area contributed by atoms with Gasteiger partial charge >= 0.3 is 0 Å². The van der Waals surface area contributed by atoms with Gasteiger partial charge in [0, 0.05) is 22.2 Å². The van der Waals surface area contributed by atoms with Crippen molar-refractivity contribution in [1.82, 2.24) is 5.32 Å². The monoisotopic (exact) mass is 313 g/mol. The van der Waals surface area contributed by atoms with E-state index in [1.807, 2.05) is 18.2 Å². The van der Waals surface area contributed by atoms with E-state index in [1.165, 1.54) is 6.08 Å². The summed E-state index contributed by atoms with van der Waals surface area (Å²) in [6.07, 6.45) is 3.08. The van der Waals surface area contributed by atoms with Crippen LogP contribution in [0.25, 0.3) is 6.08 Å². The van der Waals surface area contributed by atoms with Gasteiger partial charge in [0.25, 0.3) is 0 Å². The zero-order valence-corrected chi connectivity index (χ0v) is 11.9. The summed E-state index contributed by atoms with van der Waals surface area (Å²) in [7, 11) is 1.58. The van der Waals surface area contributed by atoms with Crippen LogP contribution in [-0.4, -0.2) is 30.8 Å². The van der Waals surface area contributed by atoms with Crippen LogP contribution in [0.4, 0.5) is 0 Å². The van der Waals surface area contributed by atoms with Gasteiger partial charge in [-0.2, -0.15) is 0 Å². The summed E-state index contributed by atoms with van der Waals surface area (Å²) in [4.78, 5) is 11.5. The minimum Gasteiger partial charge on any atom is -0.496 e. The third kappa shape index (κ3) is 4.50. The van der Waals surface area contributed by atoms with E-state index in [0.29, 0.717) is 5.75 Å². The van der Waals surface area contributed by atoms with E-state index in [9.17, 15) is 4.79 Å². The van der Waals surface area contributed by atoms with Crippen molar-refractivity contribution in [2.45, 2.75) is 13.0 Å². The van der Waals surface area contributed by atoms with Gasteiger partial charge in [0.05, 0.1) is 13.7 Å². The first-order valence-electron chi connectivity index (χ1n) is 5.49. The molecule has 1 aromatic rings. The van der Waals surface area contributed by atoms with Crippen LogP contribution in [0.1, 0.15) is 12.5 Å². The van der Waals surface area contributed by atoms with Crippen LogP contribution in [0.5, 0.6) is 5.75 Å². The average Bonchev–Trinajstić information content (AvgIpc) is 2.36. The van der Waals surface area contributed by atoms with Crippen LogP contribution in [0.3, 0.4) is 0 Å². The van der Waals surface area contributed by atoms with Gasteiger partial charge in [-0.15, -0.1) is 0 Å². The van der Waals surface area contributed by atoms with E-state index in [2.05, 4.69) is 21.2 Å². The Morgan fingerprint density at radius 3 is 2.94 bits per heavy atom. The molecule has 0 aliphatic heterocycles. The summed E-state index contributed by atoms with van der Waals surface area (Å²) in [6.45, 7) is 1.64. The maximum Gasteiger partial charge on any atom is 0.244 e. The van der Waals surface area contributed by atoms with E-state index in [-0.39, 0.29) is 18.6 Å². The van der Waals surface area contributed by atoms with Crippen molar-refractivity contribution in [2.24, 2.45) is 0 Å². The highest BCUT2D eigenvalue weighted by molar-refractivity contribution is 9.10. The van der Waals surface area contributed by atoms with E-state index in [0.717, 1.165) is 10.0 Å². The van der Waals surface area contributed by atoms with Crippen LogP contribution in [0.15, 0.2) is 28.7 Å². The highest BCUT2D eigenvalue weighted by Crippen LogP contribution is 2.23. The second-order valence-electron chi connectivity index (χ2n) is 3.81. The number of aliphatic hydroxyl groups excluding tert-OH is 1. The van der Waals surface area contributed by atoms with Crippen molar-refractivity contribution < 1.29 is 14.6 Å². The van der Waals surface area contributed by atoms with Gasteiger partial charge < -0.3 is 15.2 Å². The second kappa shape index (κ2) is 7.18. The Hall–Kier alpha value is -1.33. The fourth-order valence-corrected chi connectivity index (χ4v) is 1.72. The van der Waals surface area contributed by atoms with Crippen molar-refractivity contribution in [3.8, 4) is 5.75 Å². The predicted octanol–water partition coefficient (Wildman–Crippen LogP) is 1.97. The molecule has 0 aliphatic carbocycles. The second-order valence-corrected chi connectivity index (χ2v) is 4.73. The largest absolute Gasteiger partial charge is 0.496 e. The predicted molar refractivity (Wildman–Crippen MR) is 74.4 cm³/mol. The van der Waals surface area contributed by atoms with E-state index in [1.54, 1.807) is 20.1 Å². The highest BCUT2D eigenvalue weighted by Gasteiger charge is 2.04. The van der Waals surface area contributed by atoms with Gasteiger partial charge in [0.1, 0.15) is 5.75 Å². The Balaban J connectivity index is 2.77. The van der Waals surface area contributed by atoms with Crippen molar-refractivity contribution in [1.29, 1.82) is 0 Å². The first-order chi connectivity index (χ1) is 8.56. The van der Waals surface area contributed by atoms with E-state index < -0.39 is 0 Å². The molecule has 0 spiro atoms. The Kier molecular flexibility index (Phi) is 5.88. The standard InChI is InChI=1S/C13H16BrNO3/c1-9(8-16)15-13(17)6-3-10-7-11(14)4-5-12(10)18-2/h3-7,9,16H,8H2,1-2H3,(H,15,17)/t9-/m0/s1. The molecule has 5 heteroatoms. The number of carbonyl (C=O) groups is 1. The molecule has 4 nitrogen and oxygen atoms in total. The number of ether oxygens (including phenoxy) is 1. The molecule has 2 N–H and O–H groups in total. The molecule has 0 heterocycles. The fourth-order valence-electron chi connectivity index (χ4n) is 1.34. The molecule has 0 saturated heterocycles. The highest BCUT2D eigenvalue weighted by atomic mass is 79.9. The molecule has 98 valence electrons. The number of nitrogens with one attached hydrogen (secondary N) is 1. The molecule has 0 aliphatic rings. The van der Waals surface area contributed by atoms with Crippen LogP contribution in [-0.2, 0) is 4.79 Å². The number of rotatable bonds is 5. The molecule has 0 saturated carbocycles. The smallest absolute Gasteiger partial charge is 0.244 e. The molecule has 18 heavy (non-hydrogen) atoms. The summed E-state index contributed by atoms with van der Waals surface area (Å²) >= 11 is 3.36. The number of hydrogen-bond donors (Lipinski definition) is 2. The minimum absolute atomic E-state index is 0.0835. The lowest BCUT2D eigenvalue weighted by Gasteiger charge is -2.08. The van der Waals surface area contributed by atoms with Crippen LogP contribution in [0, 0.1) is 0 Å². The summed E-state index contributed by atoms with van der Waals surface area (Å²) in [5.74, 6) is 0.441. The number of benzene rings is 1. The van der Waals surface area contributed by atoms with Crippen LogP contribution in [0.2, 0.25) is 0 Å². The zero-order valence-electron chi connectivity index (χ0n) is 10.3. The molecule has 1 aromatic carbocycles. The molecule has 0 aromatic heterocycles. The van der Waals surface area contributed by atoms with E-state index in [4.69, 9.17) is 9.84 Å². The van der Waals surface area contributed by atoms with Crippen molar-refractivity contribution >= 4 is 27.9 Å². The topological polar surface area (TPSA) is 58.6 Å². The van der Waals surface area contributed by atoms with E-state index >= 15 is 0 Å². The summed E-state index contributed by atoms with van der Waals surface area (Å²) < 4.78 is 6.10. The van der Waals surface area contributed by atoms with Gasteiger partial charge in [-0.05, 0) is 31.2 Å². The summed E-state index contributed by atoms with van der Waals surface area (Å²) in [6, 6.07) is 5.28. The number of methoxy groups -OCH3 is 1. The number of hydrogen-bond acceptors (Lipinski definition) is 3. The van der Waals surface area contributed by atoms with Gasteiger partial charge in [0.15, 0.2) is 0 Å². The Bertz CT molecular complexity index is 446. The first-order valence-corrected chi connectivity index (χ1v) is 6.29. The summed E-state index contributed by atoms with van der Waals surface area (Å²) in [5.41, 5.74) is 0.804. The average molecular weight is 314 g/mol. The Morgan fingerprint density at radius 1 is 1.61 bits per heavy atom. The number of amides is 1. The molecular formula is C13H16BrNO3. The number of carbonyl (C=O) groups excluding carboxylic acids is 1. The number of aliphatic hydroxyl groups is 1. The maximum absolute atomic E-state index is 11.5. The molecule has 1 atom stereocenters. The molecule has 0 unspecified atom stereocenters. The molecule has 0 bridgehead atoms. The zero-order chi connectivity index (χ0) is 13.5. The fraction of sp³-hybridized carbons (Fsp3) is 0.308. The van der Waals surface area contributed by atoms with Crippen molar-refractivity contribution in [2.75, 3.05) is 13.7 Å². The minimum atomic E-state index is -0.258. The Labute approximate surface area is 115 Å². The van der Waals surface area contributed by atoms with Gasteiger partial charge in [-0.1, -0.05) is 15.9 Å². The quantitative estimate of drug-likeness (QED) is 0.817. The third-order valence-corrected chi connectivity index (χ3v) is 2.76. The maximum atomic E-state index is 11.5. The van der Waals surface area contributed by atoms with Crippen LogP contribution < -0.4 is 10.1 Å². The third-order valence-electron chi connectivity index (χ3n) is 2.27. The van der Waals surface area contributed by atoms with Gasteiger partial charge in [-0.3, -0.25) is 4.79 Å². The molecule has 0 radical (unpaired) electrons. The van der Waals surface area contributed by atoms with Gasteiger partial charge in [-0.25, -0.2) is 0 Å². The summed E-state index contributed by atoms with van der Waals surface area (Å²) in [5, 5.41) is 11.4. The number of halogens is 1.